The third kappa shape index (κ3) is 13.6. The first-order valence-corrected chi connectivity index (χ1v) is 8.41. The van der Waals surface area contributed by atoms with Crippen molar-refractivity contribution in [2.75, 3.05) is 46.4 Å². The molecule has 6 heteroatoms. The van der Waals surface area contributed by atoms with E-state index < -0.39 is 0 Å². The number of nitrogens with one attached hydrogen (secondary N) is 2. The van der Waals surface area contributed by atoms with E-state index in [0.717, 1.165) is 58.2 Å². The van der Waals surface area contributed by atoms with Crippen LogP contribution in [0.5, 0.6) is 0 Å². The van der Waals surface area contributed by atoms with Crippen LogP contribution in [-0.4, -0.2) is 63.3 Å². The van der Waals surface area contributed by atoms with Gasteiger partial charge in [-0.15, -0.1) is 24.0 Å². The van der Waals surface area contributed by atoms with Crippen molar-refractivity contribution >= 4 is 29.9 Å². The molecule has 0 spiro atoms. The highest BCUT2D eigenvalue weighted by atomic mass is 127. The molecule has 5 nitrogen and oxygen atoms in total. The molecule has 22 heavy (non-hydrogen) atoms. The topological polar surface area (TPSA) is 48.9 Å². The number of aliphatic imine (C=N–C) groups is 1. The van der Waals surface area contributed by atoms with Gasteiger partial charge in [0.1, 0.15) is 0 Å². The molecule has 0 atom stereocenters. The van der Waals surface area contributed by atoms with E-state index in [1.807, 2.05) is 7.05 Å². The van der Waals surface area contributed by atoms with Crippen LogP contribution >= 0.6 is 24.0 Å². The Kier molecular flexibility index (Phi) is 19.0. The molecule has 0 aromatic rings. The largest absolute Gasteiger partial charge is 0.381 e. The number of unbranched alkanes of at least 4 members (excludes halogenated alkanes) is 1. The van der Waals surface area contributed by atoms with Gasteiger partial charge in [-0.3, -0.25) is 9.89 Å². The third-order valence-electron chi connectivity index (χ3n) is 3.45. The Morgan fingerprint density at radius 1 is 1.09 bits per heavy atom. The average molecular weight is 428 g/mol. The number of likely N-dealkylation sites (N-methyl/N-ethyl adjacent to an activating group) is 1. The van der Waals surface area contributed by atoms with E-state index >= 15 is 0 Å². The van der Waals surface area contributed by atoms with Crippen molar-refractivity contribution in [1.82, 2.24) is 15.5 Å². The molecule has 0 unspecified atom stereocenters. The standard InChI is InChI=1S/C16H36N4O.HI/c1-6-8-13-21-14-9-10-18-16(17-5)19-11-12-20(7-2)15(3)4;/h15H,6-14H2,1-5H3,(H2,17,18,19);1H. The van der Waals surface area contributed by atoms with Gasteiger partial charge < -0.3 is 15.4 Å². The number of hydrogen-bond donors (Lipinski definition) is 2. The van der Waals surface area contributed by atoms with Gasteiger partial charge in [0.25, 0.3) is 0 Å². The minimum atomic E-state index is 0. The van der Waals surface area contributed by atoms with Gasteiger partial charge >= 0.3 is 0 Å². The molecule has 0 amide bonds. The predicted molar refractivity (Wildman–Crippen MR) is 108 cm³/mol. The van der Waals surface area contributed by atoms with E-state index in [1.165, 1.54) is 6.42 Å². The van der Waals surface area contributed by atoms with E-state index in [-0.39, 0.29) is 24.0 Å². The van der Waals surface area contributed by atoms with Crippen molar-refractivity contribution in [2.45, 2.75) is 53.0 Å². The summed E-state index contributed by atoms with van der Waals surface area (Å²) in [5.74, 6) is 0.878. The number of hydrogen-bond acceptors (Lipinski definition) is 3. The molecular weight excluding hydrogens is 391 g/mol. The SMILES string of the molecule is CCCCOCCCNC(=NC)NCCN(CC)C(C)C.I. The van der Waals surface area contributed by atoms with Gasteiger partial charge in [-0.1, -0.05) is 20.3 Å². The van der Waals surface area contributed by atoms with Crippen molar-refractivity contribution in [1.29, 1.82) is 0 Å². The maximum absolute atomic E-state index is 5.54. The van der Waals surface area contributed by atoms with Gasteiger partial charge in [0.2, 0.25) is 0 Å². The Morgan fingerprint density at radius 2 is 1.73 bits per heavy atom. The molecule has 0 saturated heterocycles. The lowest BCUT2D eigenvalue weighted by Crippen LogP contribution is -2.43. The average Bonchev–Trinajstić information content (AvgIpc) is 2.48. The Balaban J connectivity index is 0. The van der Waals surface area contributed by atoms with E-state index in [0.29, 0.717) is 6.04 Å². The van der Waals surface area contributed by atoms with Gasteiger partial charge in [0.15, 0.2) is 5.96 Å². The molecule has 0 rings (SSSR count). The zero-order chi connectivity index (χ0) is 15.9. The summed E-state index contributed by atoms with van der Waals surface area (Å²) < 4.78 is 5.54. The lowest BCUT2D eigenvalue weighted by molar-refractivity contribution is 0.129. The van der Waals surface area contributed by atoms with Crippen LogP contribution in [-0.2, 0) is 4.74 Å². The Labute approximate surface area is 154 Å². The monoisotopic (exact) mass is 428 g/mol. The fraction of sp³-hybridized carbons (Fsp3) is 0.938. The molecule has 0 fully saturated rings. The first kappa shape index (κ1) is 24.2. The third-order valence-corrected chi connectivity index (χ3v) is 3.45. The zero-order valence-corrected chi connectivity index (χ0v) is 17.5. The molecule has 134 valence electrons. The first-order chi connectivity index (χ1) is 10.2. The molecule has 0 saturated carbocycles. The van der Waals surface area contributed by atoms with E-state index in [9.17, 15) is 0 Å². The number of halogens is 1. The molecule has 0 aliphatic carbocycles. The lowest BCUT2D eigenvalue weighted by atomic mass is 10.3. The summed E-state index contributed by atoms with van der Waals surface area (Å²) in [6.07, 6.45) is 3.36. The highest BCUT2D eigenvalue weighted by Crippen LogP contribution is 1.95. The molecule has 0 radical (unpaired) electrons. The zero-order valence-electron chi connectivity index (χ0n) is 15.2. The number of rotatable bonds is 12. The Bertz CT molecular complexity index is 263. The molecule has 0 aliphatic heterocycles. The smallest absolute Gasteiger partial charge is 0.191 e. The molecule has 0 bridgehead atoms. The molecule has 0 aromatic carbocycles. The highest BCUT2D eigenvalue weighted by Gasteiger charge is 2.06. The number of guanidine groups is 1. The summed E-state index contributed by atoms with van der Waals surface area (Å²) >= 11 is 0. The maximum atomic E-state index is 5.54. The quantitative estimate of drug-likeness (QED) is 0.217. The summed E-state index contributed by atoms with van der Waals surface area (Å²) in [6.45, 7) is 14.5. The van der Waals surface area contributed by atoms with Crippen molar-refractivity contribution in [3.05, 3.63) is 0 Å². The van der Waals surface area contributed by atoms with Gasteiger partial charge in [0.05, 0.1) is 0 Å². The maximum Gasteiger partial charge on any atom is 0.191 e. The van der Waals surface area contributed by atoms with Gasteiger partial charge in [-0.25, -0.2) is 0 Å². The van der Waals surface area contributed by atoms with Crippen molar-refractivity contribution in [3.8, 4) is 0 Å². The van der Waals surface area contributed by atoms with Crippen LogP contribution in [0.1, 0.15) is 47.0 Å². The molecule has 0 heterocycles. The number of ether oxygens (including phenoxy) is 1. The first-order valence-electron chi connectivity index (χ1n) is 8.41. The lowest BCUT2D eigenvalue weighted by Gasteiger charge is -2.25. The molecule has 0 aromatic heterocycles. The van der Waals surface area contributed by atoms with Crippen molar-refractivity contribution < 1.29 is 4.74 Å². The van der Waals surface area contributed by atoms with E-state index in [2.05, 4.69) is 48.2 Å². The van der Waals surface area contributed by atoms with Crippen LogP contribution in [0.4, 0.5) is 0 Å². The summed E-state index contributed by atoms with van der Waals surface area (Å²) in [7, 11) is 1.81. The minimum absolute atomic E-state index is 0. The summed E-state index contributed by atoms with van der Waals surface area (Å²) in [4.78, 5) is 6.67. The second kappa shape index (κ2) is 17.3. The summed E-state index contributed by atoms with van der Waals surface area (Å²) in [5, 5.41) is 6.68. The Morgan fingerprint density at radius 3 is 2.27 bits per heavy atom. The molecule has 2 N–H and O–H groups in total. The van der Waals surface area contributed by atoms with Crippen LogP contribution in [0.25, 0.3) is 0 Å². The normalized spacial score (nSPS) is 11.7. The van der Waals surface area contributed by atoms with E-state index in [4.69, 9.17) is 4.74 Å². The van der Waals surface area contributed by atoms with Crippen LogP contribution < -0.4 is 10.6 Å². The predicted octanol–water partition coefficient (Wildman–Crippen LogP) is 2.71. The minimum Gasteiger partial charge on any atom is -0.381 e. The van der Waals surface area contributed by atoms with Crippen LogP contribution in [0, 0.1) is 0 Å². The van der Waals surface area contributed by atoms with E-state index in [1.54, 1.807) is 0 Å². The highest BCUT2D eigenvalue weighted by molar-refractivity contribution is 14.0. The summed E-state index contributed by atoms with van der Waals surface area (Å²) in [5.41, 5.74) is 0. The van der Waals surface area contributed by atoms with Crippen LogP contribution in [0.15, 0.2) is 4.99 Å². The summed E-state index contributed by atoms with van der Waals surface area (Å²) in [6, 6.07) is 0.590. The van der Waals surface area contributed by atoms with Gasteiger partial charge in [0, 0.05) is 45.9 Å². The molecule has 0 aliphatic rings. The van der Waals surface area contributed by atoms with Gasteiger partial charge in [-0.2, -0.15) is 0 Å². The Hall–Kier alpha value is -0.0800. The molecular formula is C16H37IN4O. The van der Waals surface area contributed by atoms with Crippen molar-refractivity contribution in [2.24, 2.45) is 4.99 Å². The fourth-order valence-electron chi connectivity index (χ4n) is 2.05. The van der Waals surface area contributed by atoms with Crippen molar-refractivity contribution in [3.63, 3.8) is 0 Å². The number of nitrogens with zero attached hydrogens (tertiary/aromatic N) is 2. The second-order valence-corrected chi connectivity index (χ2v) is 5.47. The van der Waals surface area contributed by atoms with Crippen LogP contribution in [0.3, 0.4) is 0 Å². The fourth-order valence-corrected chi connectivity index (χ4v) is 2.05. The van der Waals surface area contributed by atoms with Crippen LogP contribution in [0.2, 0.25) is 0 Å². The second-order valence-electron chi connectivity index (χ2n) is 5.47. The van der Waals surface area contributed by atoms with Gasteiger partial charge in [-0.05, 0) is 33.2 Å².